The normalized spacial score (nSPS) is 14.4. The summed E-state index contributed by atoms with van der Waals surface area (Å²) in [6, 6.07) is 6.89. The molecule has 1 aliphatic rings. The van der Waals surface area contributed by atoms with Crippen molar-refractivity contribution in [2.75, 3.05) is 6.61 Å². The van der Waals surface area contributed by atoms with Gasteiger partial charge in [0.25, 0.3) is 0 Å². The van der Waals surface area contributed by atoms with Crippen LogP contribution in [0.25, 0.3) is 11.4 Å². The van der Waals surface area contributed by atoms with Crippen molar-refractivity contribution in [1.29, 1.82) is 0 Å². The molecule has 0 aliphatic heterocycles. The molecule has 1 heterocycles. The van der Waals surface area contributed by atoms with Crippen LogP contribution in [0.5, 0.6) is 11.5 Å². The summed E-state index contributed by atoms with van der Waals surface area (Å²) in [4.78, 5) is 8.48. The fraction of sp³-hybridized carbons (Fsp3) is 0.286. The summed E-state index contributed by atoms with van der Waals surface area (Å²) in [5.74, 6) is 2.22. The summed E-state index contributed by atoms with van der Waals surface area (Å²) in [5.41, 5.74) is 0.795. The molecular weight excluding hydrogens is 228 g/mol. The van der Waals surface area contributed by atoms with E-state index in [9.17, 15) is 5.11 Å². The molecule has 92 valence electrons. The van der Waals surface area contributed by atoms with Gasteiger partial charge in [0.05, 0.1) is 19.0 Å². The van der Waals surface area contributed by atoms with E-state index in [4.69, 9.17) is 4.74 Å². The molecule has 1 aliphatic carbocycles. The number of aromatic nitrogens is 2. The smallest absolute Gasteiger partial charge is 0.159 e. The number of aromatic hydroxyl groups is 1. The molecule has 0 bridgehead atoms. The van der Waals surface area contributed by atoms with Gasteiger partial charge in [-0.05, 0) is 30.9 Å². The van der Waals surface area contributed by atoms with Gasteiger partial charge >= 0.3 is 0 Å². The zero-order chi connectivity index (χ0) is 12.4. The molecule has 0 unspecified atom stereocenters. The molecule has 0 radical (unpaired) electrons. The number of ether oxygens (including phenoxy) is 1. The van der Waals surface area contributed by atoms with Gasteiger partial charge in [0.1, 0.15) is 5.75 Å². The SMILES string of the molecule is Oc1cccc(-c2ncc(OCC3CC3)cn2)c1. The molecule has 3 rings (SSSR count). The maximum atomic E-state index is 9.40. The Morgan fingerprint density at radius 3 is 2.67 bits per heavy atom. The first-order valence-electron chi connectivity index (χ1n) is 6.05. The average Bonchev–Trinajstić information content (AvgIpc) is 3.21. The van der Waals surface area contributed by atoms with Crippen LogP contribution in [0.4, 0.5) is 0 Å². The van der Waals surface area contributed by atoms with Gasteiger partial charge in [-0.1, -0.05) is 12.1 Å². The minimum Gasteiger partial charge on any atom is -0.508 e. The molecule has 4 nitrogen and oxygen atoms in total. The van der Waals surface area contributed by atoms with Crippen LogP contribution in [0.3, 0.4) is 0 Å². The highest BCUT2D eigenvalue weighted by Gasteiger charge is 2.21. The summed E-state index contributed by atoms with van der Waals surface area (Å²) in [5, 5.41) is 9.40. The van der Waals surface area contributed by atoms with Gasteiger partial charge in [-0.3, -0.25) is 0 Å². The van der Waals surface area contributed by atoms with Crippen molar-refractivity contribution in [2.24, 2.45) is 5.92 Å². The maximum absolute atomic E-state index is 9.40. The van der Waals surface area contributed by atoms with Crippen molar-refractivity contribution in [3.8, 4) is 22.9 Å². The first-order valence-corrected chi connectivity index (χ1v) is 6.05. The van der Waals surface area contributed by atoms with Crippen LogP contribution in [0.1, 0.15) is 12.8 Å². The molecule has 1 aromatic carbocycles. The van der Waals surface area contributed by atoms with E-state index in [2.05, 4.69) is 9.97 Å². The number of hydrogen-bond acceptors (Lipinski definition) is 4. The largest absolute Gasteiger partial charge is 0.508 e. The standard InChI is InChI=1S/C14H14N2O2/c17-12-3-1-2-11(6-12)14-15-7-13(8-16-14)18-9-10-4-5-10/h1-3,6-8,10,17H,4-5,9H2. The zero-order valence-corrected chi connectivity index (χ0v) is 9.91. The third-order valence-corrected chi connectivity index (χ3v) is 2.92. The second kappa shape index (κ2) is 4.64. The van der Waals surface area contributed by atoms with Gasteiger partial charge in [0.15, 0.2) is 11.6 Å². The molecule has 0 amide bonds. The molecule has 4 heteroatoms. The highest BCUT2D eigenvalue weighted by Crippen LogP contribution is 2.29. The topological polar surface area (TPSA) is 55.2 Å². The molecular formula is C14H14N2O2. The fourth-order valence-corrected chi connectivity index (χ4v) is 1.68. The highest BCUT2D eigenvalue weighted by molar-refractivity contribution is 5.57. The molecule has 2 aromatic rings. The van der Waals surface area contributed by atoms with Crippen LogP contribution in [0.15, 0.2) is 36.7 Å². The third-order valence-electron chi connectivity index (χ3n) is 2.92. The van der Waals surface area contributed by atoms with Gasteiger partial charge in [0, 0.05) is 5.56 Å². The summed E-state index contributed by atoms with van der Waals surface area (Å²) in [6.07, 6.45) is 5.88. The number of benzene rings is 1. The molecule has 0 spiro atoms. The van der Waals surface area contributed by atoms with Crippen LogP contribution in [0.2, 0.25) is 0 Å². The molecule has 1 N–H and O–H groups in total. The van der Waals surface area contributed by atoms with Crippen LogP contribution in [-0.4, -0.2) is 21.7 Å². The molecule has 1 fully saturated rings. The highest BCUT2D eigenvalue weighted by atomic mass is 16.5. The number of rotatable bonds is 4. The van der Waals surface area contributed by atoms with Gasteiger partial charge in [-0.2, -0.15) is 0 Å². The lowest BCUT2D eigenvalue weighted by atomic mass is 10.2. The van der Waals surface area contributed by atoms with E-state index < -0.39 is 0 Å². The molecule has 1 aromatic heterocycles. The maximum Gasteiger partial charge on any atom is 0.159 e. The van der Waals surface area contributed by atoms with E-state index in [0.29, 0.717) is 11.6 Å². The van der Waals surface area contributed by atoms with E-state index in [1.165, 1.54) is 12.8 Å². The van der Waals surface area contributed by atoms with E-state index in [-0.39, 0.29) is 5.75 Å². The number of phenolic OH excluding ortho intramolecular Hbond substituents is 1. The molecule has 1 saturated carbocycles. The summed E-state index contributed by atoms with van der Waals surface area (Å²) < 4.78 is 5.57. The van der Waals surface area contributed by atoms with Crippen LogP contribution < -0.4 is 4.74 Å². The quantitative estimate of drug-likeness (QED) is 0.895. The minimum atomic E-state index is 0.213. The number of phenols is 1. The number of hydrogen-bond donors (Lipinski definition) is 1. The lowest BCUT2D eigenvalue weighted by molar-refractivity contribution is 0.297. The molecule has 0 saturated heterocycles. The van der Waals surface area contributed by atoms with Crippen molar-refractivity contribution >= 4 is 0 Å². The Hall–Kier alpha value is -2.10. The van der Waals surface area contributed by atoms with Gasteiger partial charge in [-0.25, -0.2) is 9.97 Å². The lowest BCUT2D eigenvalue weighted by Gasteiger charge is -2.05. The fourth-order valence-electron chi connectivity index (χ4n) is 1.68. The Bertz CT molecular complexity index is 536. The van der Waals surface area contributed by atoms with E-state index >= 15 is 0 Å². The van der Waals surface area contributed by atoms with Crippen LogP contribution >= 0.6 is 0 Å². The Kier molecular flexibility index (Phi) is 2.84. The predicted octanol–water partition coefficient (Wildman–Crippen LogP) is 2.64. The third kappa shape index (κ3) is 2.59. The zero-order valence-electron chi connectivity index (χ0n) is 9.91. The predicted molar refractivity (Wildman–Crippen MR) is 67.4 cm³/mol. The Balaban J connectivity index is 1.73. The van der Waals surface area contributed by atoms with Crippen molar-refractivity contribution in [3.63, 3.8) is 0 Å². The summed E-state index contributed by atoms with van der Waals surface area (Å²) in [7, 11) is 0. The molecule has 0 atom stereocenters. The van der Waals surface area contributed by atoms with Gasteiger partial charge in [0.2, 0.25) is 0 Å². The summed E-state index contributed by atoms with van der Waals surface area (Å²) >= 11 is 0. The lowest BCUT2D eigenvalue weighted by Crippen LogP contribution is -2.00. The average molecular weight is 242 g/mol. The monoisotopic (exact) mass is 242 g/mol. The second-order valence-electron chi connectivity index (χ2n) is 4.55. The van der Waals surface area contributed by atoms with Crippen LogP contribution in [0, 0.1) is 5.92 Å². The Labute approximate surface area is 105 Å². The van der Waals surface area contributed by atoms with Crippen molar-refractivity contribution in [3.05, 3.63) is 36.7 Å². The van der Waals surface area contributed by atoms with Gasteiger partial charge in [-0.15, -0.1) is 0 Å². The Morgan fingerprint density at radius 2 is 2.00 bits per heavy atom. The van der Waals surface area contributed by atoms with E-state index in [1.807, 2.05) is 6.07 Å². The molecule has 18 heavy (non-hydrogen) atoms. The van der Waals surface area contributed by atoms with Crippen LogP contribution in [-0.2, 0) is 0 Å². The second-order valence-corrected chi connectivity index (χ2v) is 4.55. The van der Waals surface area contributed by atoms with Gasteiger partial charge < -0.3 is 9.84 Å². The minimum absolute atomic E-state index is 0.213. The van der Waals surface area contributed by atoms with E-state index in [0.717, 1.165) is 18.1 Å². The van der Waals surface area contributed by atoms with Crippen molar-refractivity contribution in [2.45, 2.75) is 12.8 Å². The first kappa shape index (κ1) is 11.0. The summed E-state index contributed by atoms with van der Waals surface area (Å²) in [6.45, 7) is 0.759. The first-order chi connectivity index (χ1) is 8.81. The van der Waals surface area contributed by atoms with E-state index in [1.54, 1.807) is 30.6 Å². The number of nitrogens with zero attached hydrogens (tertiary/aromatic N) is 2. The van der Waals surface area contributed by atoms with Crippen molar-refractivity contribution < 1.29 is 9.84 Å². The van der Waals surface area contributed by atoms with Crippen molar-refractivity contribution in [1.82, 2.24) is 9.97 Å². The Morgan fingerprint density at radius 1 is 1.22 bits per heavy atom.